The maximum absolute atomic E-state index is 12.5. The average molecular weight is 273 g/mol. The summed E-state index contributed by atoms with van der Waals surface area (Å²) in [5.74, 6) is 0.899. The first kappa shape index (κ1) is 12.2. The third-order valence-corrected chi connectivity index (χ3v) is 3.67. The van der Waals surface area contributed by atoms with Gasteiger partial charge in [0, 0.05) is 21.7 Å². The first-order valence-electron chi connectivity index (χ1n) is 6.32. The van der Waals surface area contributed by atoms with Crippen molar-refractivity contribution in [3.8, 4) is 0 Å². The molecule has 0 amide bonds. The summed E-state index contributed by atoms with van der Waals surface area (Å²) in [5.41, 5.74) is 2.60. The summed E-state index contributed by atoms with van der Waals surface area (Å²) < 4.78 is 5.42. The molecule has 3 rings (SSSR count). The summed E-state index contributed by atoms with van der Waals surface area (Å²) in [7, 11) is 0. The average Bonchev–Trinajstić information content (AvgIpc) is 3.09. The van der Waals surface area contributed by atoms with E-state index in [-0.39, 0.29) is 5.78 Å². The fraction of sp³-hybridized carbons (Fsp3) is 0.188. The normalized spacial score (nSPS) is 15.0. The van der Waals surface area contributed by atoms with E-state index in [1.165, 1.54) is 0 Å². The molecule has 0 bridgehead atoms. The molecule has 0 aliphatic heterocycles. The number of carbonyl (C=O) groups is 1. The lowest BCUT2D eigenvalue weighted by atomic mass is 9.99. The molecule has 1 aliphatic carbocycles. The van der Waals surface area contributed by atoms with E-state index in [4.69, 9.17) is 16.0 Å². The minimum Gasteiger partial charge on any atom is -0.465 e. The van der Waals surface area contributed by atoms with Crippen LogP contribution in [0.25, 0.3) is 5.57 Å². The fourth-order valence-electron chi connectivity index (χ4n) is 2.49. The number of furan rings is 1. The zero-order chi connectivity index (χ0) is 13.2. The van der Waals surface area contributed by atoms with Crippen LogP contribution in [-0.4, -0.2) is 5.78 Å². The summed E-state index contributed by atoms with van der Waals surface area (Å²) in [6.45, 7) is 0. The van der Waals surface area contributed by atoms with Crippen molar-refractivity contribution in [1.29, 1.82) is 0 Å². The molecule has 0 atom stereocenters. The summed E-state index contributed by atoms with van der Waals surface area (Å²) in [5, 5.41) is 0.642. The highest BCUT2D eigenvalue weighted by molar-refractivity contribution is 6.30. The minimum atomic E-state index is 0.0839. The third kappa shape index (κ3) is 2.36. The van der Waals surface area contributed by atoms with Crippen LogP contribution in [0.4, 0.5) is 0 Å². The van der Waals surface area contributed by atoms with Gasteiger partial charge in [-0.15, -0.1) is 0 Å². The molecule has 0 radical (unpaired) electrons. The Bertz CT molecular complexity index is 621. The van der Waals surface area contributed by atoms with Gasteiger partial charge >= 0.3 is 0 Å². The number of halogens is 1. The van der Waals surface area contributed by atoms with Gasteiger partial charge in [-0.3, -0.25) is 4.79 Å². The van der Waals surface area contributed by atoms with E-state index < -0.39 is 0 Å². The van der Waals surface area contributed by atoms with Crippen molar-refractivity contribution in [3.63, 3.8) is 0 Å². The molecule has 0 unspecified atom stereocenters. The van der Waals surface area contributed by atoms with Crippen LogP contribution in [0.5, 0.6) is 0 Å². The lowest BCUT2D eigenvalue weighted by Gasteiger charge is -2.05. The van der Waals surface area contributed by atoms with Crippen molar-refractivity contribution >= 4 is 23.0 Å². The first-order chi connectivity index (χ1) is 9.25. The Labute approximate surface area is 116 Å². The lowest BCUT2D eigenvalue weighted by Crippen LogP contribution is -2.02. The summed E-state index contributed by atoms with van der Waals surface area (Å²) >= 11 is 5.85. The molecule has 0 fully saturated rings. The van der Waals surface area contributed by atoms with Gasteiger partial charge in [-0.2, -0.15) is 0 Å². The van der Waals surface area contributed by atoms with Gasteiger partial charge in [0.1, 0.15) is 5.76 Å². The van der Waals surface area contributed by atoms with E-state index in [1.54, 1.807) is 30.5 Å². The van der Waals surface area contributed by atoms with Crippen LogP contribution in [0.2, 0.25) is 5.02 Å². The molecule has 0 saturated carbocycles. The molecule has 1 aromatic carbocycles. The Balaban J connectivity index is 1.98. The molecule has 19 heavy (non-hydrogen) atoms. The lowest BCUT2D eigenvalue weighted by molar-refractivity contribution is 0.103. The monoisotopic (exact) mass is 272 g/mol. The van der Waals surface area contributed by atoms with Crippen LogP contribution in [0, 0.1) is 0 Å². The molecule has 2 nitrogen and oxygen atoms in total. The predicted molar refractivity (Wildman–Crippen MR) is 75.3 cm³/mol. The molecule has 1 aromatic heterocycles. The number of hydrogen-bond acceptors (Lipinski definition) is 2. The van der Waals surface area contributed by atoms with Crippen molar-refractivity contribution in [2.24, 2.45) is 0 Å². The number of carbonyl (C=O) groups excluding carboxylic acids is 1. The van der Waals surface area contributed by atoms with Crippen molar-refractivity contribution in [1.82, 2.24) is 0 Å². The van der Waals surface area contributed by atoms with E-state index in [0.717, 1.165) is 36.2 Å². The van der Waals surface area contributed by atoms with Gasteiger partial charge < -0.3 is 4.42 Å². The first-order valence-corrected chi connectivity index (χ1v) is 6.69. The van der Waals surface area contributed by atoms with Crippen molar-refractivity contribution in [3.05, 3.63) is 64.6 Å². The van der Waals surface area contributed by atoms with Gasteiger partial charge in [0.15, 0.2) is 5.78 Å². The number of benzene rings is 1. The van der Waals surface area contributed by atoms with Crippen LogP contribution in [0.1, 0.15) is 35.4 Å². The van der Waals surface area contributed by atoms with Gasteiger partial charge in [-0.1, -0.05) is 11.6 Å². The molecular weight excluding hydrogens is 260 g/mol. The molecule has 0 N–H and O–H groups in total. The van der Waals surface area contributed by atoms with Gasteiger partial charge in [0.2, 0.25) is 0 Å². The molecule has 0 spiro atoms. The van der Waals surface area contributed by atoms with Gasteiger partial charge in [0.25, 0.3) is 0 Å². The molecule has 1 aliphatic rings. The molecule has 0 saturated heterocycles. The van der Waals surface area contributed by atoms with Crippen LogP contribution >= 0.6 is 11.6 Å². The number of hydrogen-bond donors (Lipinski definition) is 0. The summed E-state index contributed by atoms with van der Waals surface area (Å²) in [6, 6.07) is 10.8. The Morgan fingerprint density at radius 3 is 2.58 bits per heavy atom. The van der Waals surface area contributed by atoms with Crippen molar-refractivity contribution < 1.29 is 9.21 Å². The Kier molecular flexibility index (Phi) is 3.26. The highest BCUT2D eigenvalue weighted by atomic mass is 35.5. The second-order valence-electron chi connectivity index (χ2n) is 4.62. The van der Waals surface area contributed by atoms with Crippen LogP contribution in [0.3, 0.4) is 0 Å². The van der Waals surface area contributed by atoms with E-state index >= 15 is 0 Å². The molecule has 96 valence electrons. The smallest absolute Gasteiger partial charge is 0.189 e. The maximum Gasteiger partial charge on any atom is 0.189 e. The third-order valence-electron chi connectivity index (χ3n) is 3.42. The summed E-state index contributed by atoms with van der Waals surface area (Å²) in [6.07, 6.45) is 4.37. The number of Topliss-reactive ketones (excluding diaryl/α,β-unsaturated/α-hetero) is 1. The topological polar surface area (TPSA) is 30.2 Å². The Morgan fingerprint density at radius 2 is 1.89 bits per heavy atom. The van der Waals surface area contributed by atoms with Crippen molar-refractivity contribution in [2.75, 3.05) is 0 Å². The molecule has 3 heteroatoms. The zero-order valence-electron chi connectivity index (χ0n) is 10.4. The minimum absolute atomic E-state index is 0.0839. The Morgan fingerprint density at radius 1 is 1.11 bits per heavy atom. The fourth-order valence-corrected chi connectivity index (χ4v) is 2.62. The standard InChI is InChI=1S/C16H13ClO2/c17-12-8-6-11(7-9-12)16(18)14-4-1-3-13(14)15-5-2-10-19-15/h2,5-10H,1,3-4H2. The second kappa shape index (κ2) is 5.06. The van der Waals surface area contributed by atoms with E-state index in [0.29, 0.717) is 10.6 Å². The van der Waals surface area contributed by atoms with Crippen LogP contribution in [-0.2, 0) is 0 Å². The summed E-state index contributed by atoms with van der Waals surface area (Å²) in [4.78, 5) is 12.5. The highest BCUT2D eigenvalue weighted by Crippen LogP contribution is 2.35. The molecule has 1 heterocycles. The maximum atomic E-state index is 12.5. The van der Waals surface area contributed by atoms with Gasteiger partial charge in [-0.25, -0.2) is 0 Å². The van der Waals surface area contributed by atoms with E-state index in [9.17, 15) is 4.79 Å². The van der Waals surface area contributed by atoms with Crippen molar-refractivity contribution in [2.45, 2.75) is 19.3 Å². The number of allylic oxidation sites excluding steroid dienone is 2. The van der Waals surface area contributed by atoms with E-state index in [2.05, 4.69) is 0 Å². The molecular formula is C16H13ClO2. The quantitative estimate of drug-likeness (QED) is 0.755. The second-order valence-corrected chi connectivity index (χ2v) is 5.06. The highest BCUT2D eigenvalue weighted by Gasteiger charge is 2.24. The number of rotatable bonds is 3. The van der Waals surface area contributed by atoms with E-state index in [1.807, 2.05) is 12.1 Å². The van der Waals surface area contributed by atoms with Gasteiger partial charge in [0.05, 0.1) is 6.26 Å². The predicted octanol–water partition coefficient (Wildman–Crippen LogP) is 4.75. The number of ketones is 1. The molecule has 2 aromatic rings. The Hall–Kier alpha value is -1.80. The van der Waals surface area contributed by atoms with Crippen LogP contribution in [0.15, 0.2) is 52.7 Å². The zero-order valence-corrected chi connectivity index (χ0v) is 11.1. The van der Waals surface area contributed by atoms with Crippen LogP contribution < -0.4 is 0 Å². The van der Waals surface area contributed by atoms with Gasteiger partial charge in [-0.05, 0) is 55.7 Å². The largest absolute Gasteiger partial charge is 0.465 e. The SMILES string of the molecule is O=C(C1=C(c2ccco2)CCC1)c1ccc(Cl)cc1.